The summed E-state index contributed by atoms with van der Waals surface area (Å²) in [5, 5.41) is 12.1. The van der Waals surface area contributed by atoms with Crippen LogP contribution in [0.1, 0.15) is 23.2 Å². The molecule has 2 aromatic rings. The van der Waals surface area contributed by atoms with Crippen molar-refractivity contribution >= 4 is 23.6 Å². The maximum Gasteiger partial charge on any atom is 0.329 e. The van der Waals surface area contributed by atoms with Gasteiger partial charge in [-0.2, -0.15) is 11.8 Å². The Labute approximate surface area is 160 Å². The van der Waals surface area contributed by atoms with Crippen molar-refractivity contribution in [3.05, 3.63) is 53.8 Å². The molecule has 0 atom stereocenters. The Morgan fingerprint density at radius 3 is 2.30 bits per heavy atom. The van der Waals surface area contributed by atoms with Crippen LogP contribution in [0.4, 0.5) is 4.39 Å². The van der Waals surface area contributed by atoms with E-state index in [2.05, 4.69) is 5.32 Å². The van der Waals surface area contributed by atoms with Gasteiger partial charge in [0, 0.05) is 0 Å². The first kappa shape index (κ1) is 19.2. The third kappa shape index (κ3) is 4.08. The summed E-state index contributed by atoms with van der Waals surface area (Å²) in [6.45, 7) is 0. The number of hydrogen-bond acceptors (Lipinski definition) is 4. The Morgan fingerprint density at radius 1 is 1.11 bits per heavy atom. The van der Waals surface area contributed by atoms with Gasteiger partial charge >= 0.3 is 5.97 Å². The summed E-state index contributed by atoms with van der Waals surface area (Å²) in [4.78, 5) is 24.2. The predicted octanol–water partition coefficient (Wildman–Crippen LogP) is 3.58. The Bertz CT molecular complexity index is 848. The van der Waals surface area contributed by atoms with E-state index >= 15 is 0 Å². The van der Waals surface area contributed by atoms with E-state index in [4.69, 9.17) is 4.74 Å². The fourth-order valence-corrected chi connectivity index (χ4v) is 4.25. The molecular weight excluding hydrogens is 369 g/mol. The van der Waals surface area contributed by atoms with Crippen LogP contribution in [0, 0.1) is 5.82 Å². The van der Waals surface area contributed by atoms with Gasteiger partial charge in [-0.3, -0.25) is 4.79 Å². The fourth-order valence-electron chi connectivity index (χ4n) is 3.06. The molecule has 142 valence electrons. The highest BCUT2D eigenvalue weighted by atomic mass is 32.2. The molecule has 7 heteroatoms. The SMILES string of the molecule is COc1ccc(-c2ccc(C(=O)NC3(C(=O)O)CCSCC3)c(F)c2)cc1. The lowest BCUT2D eigenvalue weighted by Crippen LogP contribution is -2.56. The van der Waals surface area contributed by atoms with Crippen LogP contribution in [0.5, 0.6) is 5.75 Å². The molecule has 1 aliphatic rings. The van der Waals surface area contributed by atoms with Gasteiger partial charge in [-0.15, -0.1) is 0 Å². The second-order valence-electron chi connectivity index (χ2n) is 6.38. The van der Waals surface area contributed by atoms with E-state index in [1.807, 2.05) is 0 Å². The maximum atomic E-state index is 14.6. The molecule has 0 radical (unpaired) electrons. The van der Waals surface area contributed by atoms with Gasteiger partial charge in [-0.25, -0.2) is 9.18 Å². The van der Waals surface area contributed by atoms with E-state index in [0.717, 1.165) is 5.56 Å². The standard InChI is InChI=1S/C20H20FNO4S/c1-26-15-5-2-13(3-6-15)14-4-7-16(17(21)12-14)18(23)22-20(19(24)25)8-10-27-11-9-20/h2-7,12H,8-11H2,1H3,(H,22,23)(H,24,25). The van der Waals surface area contributed by atoms with Crippen molar-refractivity contribution in [1.82, 2.24) is 5.32 Å². The Hall–Kier alpha value is -2.54. The van der Waals surface area contributed by atoms with Crippen molar-refractivity contribution in [2.24, 2.45) is 0 Å². The zero-order valence-corrected chi connectivity index (χ0v) is 15.6. The monoisotopic (exact) mass is 389 g/mol. The van der Waals surface area contributed by atoms with E-state index in [0.29, 0.717) is 35.7 Å². The molecule has 0 bridgehead atoms. The average molecular weight is 389 g/mol. The molecule has 5 nitrogen and oxygen atoms in total. The number of halogens is 1. The minimum Gasteiger partial charge on any atom is -0.497 e. The van der Waals surface area contributed by atoms with Gasteiger partial charge in [0.25, 0.3) is 5.91 Å². The number of carbonyl (C=O) groups excluding carboxylic acids is 1. The second-order valence-corrected chi connectivity index (χ2v) is 7.60. The molecule has 0 saturated carbocycles. The number of carboxylic acid groups (broad SMARTS) is 1. The number of hydrogen-bond donors (Lipinski definition) is 2. The first-order valence-corrected chi connectivity index (χ1v) is 9.68. The molecule has 1 amide bonds. The number of amides is 1. The van der Waals surface area contributed by atoms with Gasteiger partial charge in [-0.1, -0.05) is 18.2 Å². The molecule has 27 heavy (non-hydrogen) atoms. The number of benzene rings is 2. The summed E-state index contributed by atoms with van der Waals surface area (Å²) in [5.74, 6) is -0.488. The van der Waals surface area contributed by atoms with Crippen LogP contribution >= 0.6 is 11.8 Å². The third-order valence-corrected chi connectivity index (χ3v) is 5.73. The van der Waals surface area contributed by atoms with Crippen molar-refractivity contribution in [2.75, 3.05) is 18.6 Å². The van der Waals surface area contributed by atoms with Crippen LogP contribution in [0.2, 0.25) is 0 Å². The molecule has 1 heterocycles. The molecule has 2 aromatic carbocycles. The number of aliphatic carboxylic acids is 1. The van der Waals surface area contributed by atoms with Crippen molar-refractivity contribution in [2.45, 2.75) is 18.4 Å². The van der Waals surface area contributed by atoms with Gasteiger partial charge in [0.15, 0.2) is 0 Å². The molecule has 0 unspecified atom stereocenters. The van der Waals surface area contributed by atoms with E-state index < -0.39 is 23.2 Å². The van der Waals surface area contributed by atoms with Crippen LogP contribution in [-0.4, -0.2) is 41.1 Å². The van der Waals surface area contributed by atoms with Crippen LogP contribution in [-0.2, 0) is 4.79 Å². The summed E-state index contributed by atoms with van der Waals surface area (Å²) in [6.07, 6.45) is 0.647. The lowest BCUT2D eigenvalue weighted by atomic mass is 9.91. The highest BCUT2D eigenvalue weighted by Crippen LogP contribution is 2.29. The molecule has 2 N–H and O–H groups in total. The quantitative estimate of drug-likeness (QED) is 0.818. The zero-order valence-electron chi connectivity index (χ0n) is 14.8. The van der Waals surface area contributed by atoms with Gasteiger partial charge in [-0.05, 0) is 59.7 Å². The van der Waals surface area contributed by atoms with Gasteiger partial charge in [0.2, 0.25) is 0 Å². The van der Waals surface area contributed by atoms with Gasteiger partial charge in [0.1, 0.15) is 17.1 Å². The van der Waals surface area contributed by atoms with Gasteiger partial charge in [0.05, 0.1) is 12.7 Å². The van der Waals surface area contributed by atoms with Crippen molar-refractivity contribution in [3.8, 4) is 16.9 Å². The largest absolute Gasteiger partial charge is 0.497 e. The number of rotatable bonds is 5. The highest BCUT2D eigenvalue weighted by Gasteiger charge is 2.41. The third-order valence-electron chi connectivity index (χ3n) is 4.75. The summed E-state index contributed by atoms with van der Waals surface area (Å²) in [5.41, 5.74) is -0.0866. The first-order chi connectivity index (χ1) is 12.9. The van der Waals surface area contributed by atoms with E-state index in [9.17, 15) is 19.1 Å². The normalized spacial score (nSPS) is 15.8. The summed E-state index contributed by atoms with van der Waals surface area (Å²) in [7, 11) is 1.57. The maximum absolute atomic E-state index is 14.6. The number of nitrogens with one attached hydrogen (secondary N) is 1. The van der Waals surface area contributed by atoms with Gasteiger partial charge < -0.3 is 15.2 Å². The summed E-state index contributed by atoms with van der Waals surface area (Å²) < 4.78 is 19.7. The summed E-state index contributed by atoms with van der Waals surface area (Å²) >= 11 is 1.65. The van der Waals surface area contributed by atoms with Crippen molar-refractivity contribution < 1.29 is 23.8 Å². The Morgan fingerprint density at radius 2 is 1.74 bits per heavy atom. The molecule has 3 rings (SSSR count). The molecule has 1 fully saturated rings. The van der Waals surface area contributed by atoms with E-state index in [-0.39, 0.29) is 5.56 Å². The second kappa shape index (κ2) is 8.00. The van der Waals surface area contributed by atoms with Crippen molar-refractivity contribution in [3.63, 3.8) is 0 Å². The number of methoxy groups -OCH3 is 1. The van der Waals surface area contributed by atoms with Crippen LogP contribution in [0.3, 0.4) is 0 Å². The van der Waals surface area contributed by atoms with Crippen molar-refractivity contribution in [1.29, 1.82) is 0 Å². The lowest BCUT2D eigenvalue weighted by Gasteiger charge is -2.33. The molecule has 0 spiro atoms. The number of carboxylic acids is 1. The minimum absolute atomic E-state index is 0.161. The zero-order chi connectivity index (χ0) is 19.4. The molecule has 1 saturated heterocycles. The molecule has 1 aliphatic heterocycles. The average Bonchev–Trinajstić information content (AvgIpc) is 2.68. The van der Waals surface area contributed by atoms with Crippen LogP contribution in [0.25, 0.3) is 11.1 Å². The number of carbonyl (C=O) groups is 2. The number of thioether (sulfide) groups is 1. The molecular formula is C20H20FNO4S. The minimum atomic E-state index is -1.33. The Kier molecular flexibility index (Phi) is 5.70. The van der Waals surface area contributed by atoms with Crippen LogP contribution in [0.15, 0.2) is 42.5 Å². The van der Waals surface area contributed by atoms with E-state index in [1.165, 1.54) is 12.1 Å². The molecule has 0 aromatic heterocycles. The van der Waals surface area contributed by atoms with Crippen LogP contribution < -0.4 is 10.1 Å². The number of ether oxygens (including phenoxy) is 1. The predicted molar refractivity (Wildman–Crippen MR) is 103 cm³/mol. The first-order valence-electron chi connectivity index (χ1n) is 8.53. The van der Waals surface area contributed by atoms with E-state index in [1.54, 1.807) is 49.2 Å². The smallest absolute Gasteiger partial charge is 0.329 e. The molecule has 0 aliphatic carbocycles. The highest BCUT2D eigenvalue weighted by molar-refractivity contribution is 7.99. The summed E-state index contributed by atoms with van der Waals surface area (Å²) in [6, 6.07) is 11.4. The Balaban J connectivity index is 1.82. The lowest BCUT2D eigenvalue weighted by molar-refractivity contribution is -0.144. The fraction of sp³-hybridized carbons (Fsp3) is 0.300. The topological polar surface area (TPSA) is 75.6 Å².